The van der Waals surface area contributed by atoms with Gasteiger partial charge in [-0.05, 0) is 25.1 Å². The Morgan fingerprint density at radius 1 is 1.15 bits per heavy atom. The SMILES string of the molecule is Cl.O=S(=O)(Cc1c(Cl)cccc1Cl)N1CCCNCC1. The normalized spacial score (nSPS) is 17.3. The Morgan fingerprint density at radius 3 is 2.45 bits per heavy atom. The topological polar surface area (TPSA) is 49.4 Å². The molecule has 1 N–H and O–H groups in total. The molecule has 1 aromatic carbocycles. The van der Waals surface area contributed by atoms with Crippen LogP contribution in [0.4, 0.5) is 0 Å². The third kappa shape index (κ3) is 4.48. The molecular weight excluding hydrogens is 343 g/mol. The third-order valence-corrected chi connectivity index (χ3v) is 5.59. The van der Waals surface area contributed by atoms with Gasteiger partial charge in [0.15, 0.2) is 0 Å². The average Bonchev–Trinajstić information content (AvgIpc) is 2.63. The van der Waals surface area contributed by atoms with Gasteiger partial charge in [-0.1, -0.05) is 29.3 Å². The highest BCUT2D eigenvalue weighted by atomic mass is 35.5. The molecule has 1 aliphatic heterocycles. The fourth-order valence-electron chi connectivity index (χ4n) is 2.04. The van der Waals surface area contributed by atoms with Crippen molar-refractivity contribution in [2.24, 2.45) is 0 Å². The molecule has 8 heteroatoms. The molecule has 114 valence electrons. The maximum Gasteiger partial charge on any atom is 0.218 e. The molecule has 20 heavy (non-hydrogen) atoms. The number of hydrogen-bond acceptors (Lipinski definition) is 3. The molecule has 0 amide bonds. The Bertz CT molecular complexity index is 523. The molecule has 2 rings (SSSR count). The van der Waals surface area contributed by atoms with Gasteiger partial charge in [0.1, 0.15) is 0 Å². The summed E-state index contributed by atoms with van der Waals surface area (Å²) in [5.41, 5.74) is 0.475. The molecule has 1 aromatic rings. The lowest BCUT2D eigenvalue weighted by atomic mass is 10.2. The second-order valence-electron chi connectivity index (χ2n) is 4.46. The zero-order valence-corrected chi connectivity index (χ0v) is 14.0. The Balaban J connectivity index is 0.00000200. The maximum absolute atomic E-state index is 12.4. The van der Waals surface area contributed by atoms with Crippen LogP contribution in [0.3, 0.4) is 0 Å². The molecule has 1 aliphatic rings. The summed E-state index contributed by atoms with van der Waals surface area (Å²) in [5, 5.41) is 3.96. The molecular formula is C12H17Cl3N2O2S. The molecule has 0 unspecified atom stereocenters. The summed E-state index contributed by atoms with van der Waals surface area (Å²) in [5.74, 6) is -0.147. The zero-order chi connectivity index (χ0) is 13.9. The van der Waals surface area contributed by atoms with E-state index in [-0.39, 0.29) is 18.2 Å². The van der Waals surface area contributed by atoms with E-state index in [1.165, 1.54) is 4.31 Å². The minimum Gasteiger partial charge on any atom is -0.315 e. The molecule has 1 heterocycles. The first kappa shape index (κ1) is 18.0. The highest BCUT2D eigenvalue weighted by molar-refractivity contribution is 7.88. The van der Waals surface area contributed by atoms with E-state index in [2.05, 4.69) is 5.32 Å². The van der Waals surface area contributed by atoms with Crippen LogP contribution in [0.15, 0.2) is 18.2 Å². The summed E-state index contributed by atoms with van der Waals surface area (Å²) in [6.07, 6.45) is 0.815. The first-order valence-corrected chi connectivity index (χ1v) is 8.48. The molecule has 1 fully saturated rings. The van der Waals surface area contributed by atoms with Gasteiger partial charge < -0.3 is 5.32 Å². The lowest BCUT2D eigenvalue weighted by Crippen LogP contribution is -2.35. The van der Waals surface area contributed by atoms with Gasteiger partial charge >= 0.3 is 0 Å². The minimum atomic E-state index is -3.38. The number of sulfonamides is 1. The van der Waals surface area contributed by atoms with Gasteiger partial charge in [-0.3, -0.25) is 0 Å². The number of nitrogens with zero attached hydrogens (tertiary/aromatic N) is 1. The van der Waals surface area contributed by atoms with Crippen molar-refractivity contribution in [2.75, 3.05) is 26.2 Å². The Kier molecular flexibility index (Phi) is 7.04. The Morgan fingerprint density at radius 2 is 1.80 bits per heavy atom. The van der Waals surface area contributed by atoms with E-state index in [0.717, 1.165) is 13.0 Å². The van der Waals surface area contributed by atoms with Gasteiger partial charge in [0, 0.05) is 35.2 Å². The monoisotopic (exact) mass is 358 g/mol. The van der Waals surface area contributed by atoms with Crippen molar-refractivity contribution in [3.8, 4) is 0 Å². The molecule has 0 aliphatic carbocycles. The van der Waals surface area contributed by atoms with Crippen LogP contribution in [0.1, 0.15) is 12.0 Å². The van der Waals surface area contributed by atoms with Gasteiger partial charge in [-0.2, -0.15) is 0 Å². The number of rotatable bonds is 3. The predicted molar refractivity (Wildman–Crippen MR) is 85.4 cm³/mol. The summed E-state index contributed by atoms with van der Waals surface area (Å²) >= 11 is 12.1. The quantitative estimate of drug-likeness (QED) is 0.902. The molecule has 0 radical (unpaired) electrons. The fourth-order valence-corrected chi connectivity index (χ4v) is 4.37. The minimum absolute atomic E-state index is 0. The van der Waals surface area contributed by atoms with E-state index in [1.54, 1.807) is 18.2 Å². The first-order chi connectivity index (χ1) is 9.00. The van der Waals surface area contributed by atoms with Crippen LogP contribution in [0, 0.1) is 0 Å². The van der Waals surface area contributed by atoms with Crippen molar-refractivity contribution in [3.05, 3.63) is 33.8 Å². The number of hydrogen-bond donors (Lipinski definition) is 1. The lowest BCUT2D eigenvalue weighted by Gasteiger charge is -2.20. The molecule has 0 aromatic heterocycles. The molecule has 0 saturated carbocycles. The van der Waals surface area contributed by atoms with Crippen molar-refractivity contribution < 1.29 is 8.42 Å². The van der Waals surface area contributed by atoms with Crippen LogP contribution < -0.4 is 5.32 Å². The van der Waals surface area contributed by atoms with Crippen LogP contribution >= 0.6 is 35.6 Å². The van der Waals surface area contributed by atoms with Crippen molar-refractivity contribution in [2.45, 2.75) is 12.2 Å². The highest BCUT2D eigenvalue weighted by Crippen LogP contribution is 2.27. The van der Waals surface area contributed by atoms with E-state index in [1.807, 2.05) is 0 Å². The zero-order valence-electron chi connectivity index (χ0n) is 10.8. The van der Waals surface area contributed by atoms with Crippen LogP contribution in [-0.4, -0.2) is 38.9 Å². The van der Waals surface area contributed by atoms with Gasteiger partial charge in [0.05, 0.1) is 5.75 Å². The summed E-state index contributed by atoms with van der Waals surface area (Å²) in [6, 6.07) is 5.02. The Hall–Kier alpha value is -0.0400. The highest BCUT2D eigenvalue weighted by Gasteiger charge is 2.25. The van der Waals surface area contributed by atoms with Crippen LogP contribution in [0.25, 0.3) is 0 Å². The second kappa shape index (κ2) is 7.82. The molecule has 0 bridgehead atoms. The predicted octanol–water partition coefficient (Wildman–Crippen LogP) is 2.54. The van der Waals surface area contributed by atoms with Crippen molar-refractivity contribution >= 4 is 45.6 Å². The first-order valence-electron chi connectivity index (χ1n) is 6.12. The van der Waals surface area contributed by atoms with Crippen molar-refractivity contribution in [3.63, 3.8) is 0 Å². The largest absolute Gasteiger partial charge is 0.315 e. The van der Waals surface area contributed by atoms with Gasteiger partial charge in [-0.15, -0.1) is 12.4 Å². The average molecular weight is 360 g/mol. The van der Waals surface area contributed by atoms with E-state index >= 15 is 0 Å². The maximum atomic E-state index is 12.4. The summed E-state index contributed by atoms with van der Waals surface area (Å²) in [6.45, 7) is 2.55. The van der Waals surface area contributed by atoms with Gasteiger partial charge in [0.2, 0.25) is 10.0 Å². The van der Waals surface area contributed by atoms with Crippen LogP contribution in [0.2, 0.25) is 10.0 Å². The second-order valence-corrected chi connectivity index (χ2v) is 7.24. The molecule has 0 spiro atoms. The smallest absolute Gasteiger partial charge is 0.218 e. The van der Waals surface area contributed by atoms with Gasteiger partial charge in [-0.25, -0.2) is 12.7 Å². The van der Waals surface area contributed by atoms with Crippen molar-refractivity contribution in [1.29, 1.82) is 0 Å². The van der Waals surface area contributed by atoms with Crippen LogP contribution in [-0.2, 0) is 15.8 Å². The lowest BCUT2D eigenvalue weighted by molar-refractivity contribution is 0.431. The van der Waals surface area contributed by atoms with Crippen molar-refractivity contribution in [1.82, 2.24) is 9.62 Å². The van der Waals surface area contributed by atoms with E-state index in [4.69, 9.17) is 23.2 Å². The summed E-state index contributed by atoms with van der Waals surface area (Å²) in [4.78, 5) is 0. The fraction of sp³-hybridized carbons (Fsp3) is 0.500. The van der Waals surface area contributed by atoms with Gasteiger partial charge in [0.25, 0.3) is 0 Å². The standard InChI is InChI=1S/C12H16Cl2N2O2S.ClH/c13-11-3-1-4-12(14)10(11)9-19(17,18)16-7-2-5-15-6-8-16;/h1,3-4,15H,2,5-9H2;1H. The van der Waals surface area contributed by atoms with E-state index < -0.39 is 10.0 Å². The third-order valence-electron chi connectivity index (χ3n) is 3.08. The number of nitrogens with one attached hydrogen (secondary N) is 1. The Labute approximate surface area is 135 Å². The molecule has 4 nitrogen and oxygen atoms in total. The molecule has 0 atom stereocenters. The van der Waals surface area contributed by atoms with Crippen LogP contribution in [0.5, 0.6) is 0 Å². The summed E-state index contributed by atoms with van der Waals surface area (Å²) in [7, 11) is -3.38. The summed E-state index contributed by atoms with van der Waals surface area (Å²) < 4.78 is 26.3. The molecule has 1 saturated heterocycles. The number of benzene rings is 1. The number of halogens is 3. The van der Waals surface area contributed by atoms with E-state index in [9.17, 15) is 8.42 Å². The van der Waals surface area contributed by atoms with E-state index in [0.29, 0.717) is 35.2 Å².